The largest absolute Gasteiger partial charge is 0.326 e. The van der Waals surface area contributed by atoms with E-state index in [0.717, 1.165) is 29.1 Å². The number of hydrogen-bond donors (Lipinski definition) is 1. The molecule has 1 nitrogen and oxygen atoms in total. The van der Waals surface area contributed by atoms with Crippen LogP contribution in [0.1, 0.15) is 25.3 Å². The maximum atomic E-state index is 13.4. The van der Waals surface area contributed by atoms with Crippen LogP contribution in [0.15, 0.2) is 23.1 Å². The summed E-state index contributed by atoms with van der Waals surface area (Å²) >= 11 is 1.57. The molecule has 1 aromatic rings. The van der Waals surface area contributed by atoms with Crippen molar-refractivity contribution in [1.82, 2.24) is 0 Å². The highest BCUT2D eigenvalue weighted by molar-refractivity contribution is 7.99. The Morgan fingerprint density at radius 1 is 1.43 bits per heavy atom. The fourth-order valence-electron chi connectivity index (χ4n) is 1.11. The Labute approximate surface area is 88.9 Å². The van der Waals surface area contributed by atoms with E-state index >= 15 is 0 Å². The monoisotopic (exact) mass is 213 g/mol. The van der Waals surface area contributed by atoms with E-state index in [1.54, 1.807) is 11.8 Å². The van der Waals surface area contributed by atoms with Crippen LogP contribution in [0.5, 0.6) is 0 Å². The first-order valence-corrected chi connectivity index (χ1v) is 5.87. The Morgan fingerprint density at radius 3 is 2.79 bits per heavy atom. The third kappa shape index (κ3) is 3.31. The van der Waals surface area contributed by atoms with Crippen LogP contribution in [0.2, 0.25) is 0 Å². The predicted octanol–water partition coefficient (Wildman–Crippen LogP) is 3.18. The number of benzene rings is 1. The fraction of sp³-hybridized carbons (Fsp3) is 0.455. The molecule has 0 radical (unpaired) electrons. The van der Waals surface area contributed by atoms with Gasteiger partial charge in [0.05, 0.1) is 0 Å². The average molecular weight is 213 g/mol. The van der Waals surface area contributed by atoms with E-state index in [1.165, 1.54) is 6.07 Å². The average Bonchev–Trinajstić information content (AvgIpc) is 2.20. The Bertz CT molecular complexity index is 289. The van der Waals surface area contributed by atoms with E-state index in [-0.39, 0.29) is 5.82 Å². The Balaban J connectivity index is 2.59. The van der Waals surface area contributed by atoms with Crippen molar-refractivity contribution in [2.75, 3.05) is 5.75 Å². The number of thioether (sulfide) groups is 1. The Kier molecular flexibility index (Phi) is 4.98. The van der Waals surface area contributed by atoms with Crippen molar-refractivity contribution >= 4 is 11.8 Å². The molecule has 0 heterocycles. The van der Waals surface area contributed by atoms with Crippen molar-refractivity contribution in [3.05, 3.63) is 29.6 Å². The summed E-state index contributed by atoms with van der Waals surface area (Å²) in [5.41, 5.74) is 6.27. The van der Waals surface area contributed by atoms with E-state index in [0.29, 0.717) is 6.54 Å². The van der Waals surface area contributed by atoms with E-state index < -0.39 is 0 Å². The topological polar surface area (TPSA) is 26.0 Å². The summed E-state index contributed by atoms with van der Waals surface area (Å²) in [4.78, 5) is 0.732. The molecular formula is C11H16FNS. The number of halogens is 1. The van der Waals surface area contributed by atoms with Crippen LogP contribution in [-0.4, -0.2) is 5.75 Å². The van der Waals surface area contributed by atoms with Gasteiger partial charge in [0.25, 0.3) is 0 Å². The highest BCUT2D eigenvalue weighted by atomic mass is 32.2. The molecule has 0 saturated heterocycles. The van der Waals surface area contributed by atoms with Gasteiger partial charge < -0.3 is 5.73 Å². The SMILES string of the molecule is CCCCSc1ccc(CN)cc1F. The fourth-order valence-corrected chi connectivity index (χ4v) is 2.13. The summed E-state index contributed by atoms with van der Waals surface area (Å²) in [6.07, 6.45) is 2.28. The minimum absolute atomic E-state index is 0.144. The first-order chi connectivity index (χ1) is 6.77. The van der Waals surface area contributed by atoms with Crippen molar-refractivity contribution < 1.29 is 4.39 Å². The first kappa shape index (κ1) is 11.5. The summed E-state index contributed by atoms with van der Waals surface area (Å²) in [7, 11) is 0. The predicted molar refractivity (Wildman–Crippen MR) is 59.9 cm³/mol. The lowest BCUT2D eigenvalue weighted by molar-refractivity contribution is 0.599. The molecule has 2 N–H and O–H groups in total. The molecule has 0 atom stereocenters. The second-order valence-corrected chi connectivity index (χ2v) is 4.31. The lowest BCUT2D eigenvalue weighted by Crippen LogP contribution is -1.97. The molecule has 0 aromatic heterocycles. The van der Waals surface area contributed by atoms with Crippen LogP contribution in [-0.2, 0) is 6.54 Å². The number of unbranched alkanes of at least 4 members (excludes halogenated alkanes) is 1. The van der Waals surface area contributed by atoms with Gasteiger partial charge in [-0.3, -0.25) is 0 Å². The Morgan fingerprint density at radius 2 is 2.21 bits per heavy atom. The van der Waals surface area contributed by atoms with E-state index in [9.17, 15) is 4.39 Å². The highest BCUT2D eigenvalue weighted by Crippen LogP contribution is 2.23. The van der Waals surface area contributed by atoms with Crippen molar-refractivity contribution in [2.45, 2.75) is 31.2 Å². The highest BCUT2D eigenvalue weighted by Gasteiger charge is 2.02. The molecule has 0 unspecified atom stereocenters. The van der Waals surface area contributed by atoms with Gasteiger partial charge in [0.15, 0.2) is 0 Å². The molecule has 78 valence electrons. The van der Waals surface area contributed by atoms with Crippen LogP contribution < -0.4 is 5.73 Å². The van der Waals surface area contributed by atoms with Gasteiger partial charge in [0, 0.05) is 11.4 Å². The molecule has 0 aliphatic heterocycles. The summed E-state index contributed by atoms with van der Waals surface area (Å²) in [6.45, 7) is 2.53. The zero-order chi connectivity index (χ0) is 10.4. The van der Waals surface area contributed by atoms with Crippen LogP contribution in [0.3, 0.4) is 0 Å². The van der Waals surface area contributed by atoms with Crippen molar-refractivity contribution in [3.8, 4) is 0 Å². The van der Waals surface area contributed by atoms with Crippen LogP contribution in [0.25, 0.3) is 0 Å². The Hall–Kier alpha value is -0.540. The molecule has 3 heteroatoms. The molecular weight excluding hydrogens is 197 g/mol. The van der Waals surface area contributed by atoms with Gasteiger partial charge in [-0.2, -0.15) is 0 Å². The molecule has 0 fully saturated rings. The lowest BCUT2D eigenvalue weighted by Gasteiger charge is -2.04. The maximum Gasteiger partial charge on any atom is 0.137 e. The maximum absolute atomic E-state index is 13.4. The van der Waals surface area contributed by atoms with Gasteiger partial charge in [-0.25, -0.2) is 4.39 Å². The van der Waals surface area contributed by atoms with Gasteiger partial charge in [0.1, 0.15) is 5.82 Å². The molecule has 0 saturated carbocycles. The van der Waals surface area contributed by atoms with Crippen molar-refractivity contribution in [1.29, 1.82) is 0 Å². The standard InChI is InChI=1S/C11H16FNS/c1-2-3-6-14-11-5-4-9(8-13)7-10(11)12/h4-5,7H,2-3,6,8,13H2,1H3. The van der Waals surface area contributed by atoms with Crippen LogP contribution >= 0.6 is 11.8 Å². The zero-order valence-corrected chi connectivity index (χ0v) is 9.24. The van der Waals surface area contributed by atoms with Gasteiger partial charge in [-0.15, -0.1) is 11.8 Å². The van der Waals surface area contributed by atoms with Crippen LogP contribution in [0.4, 0.5) is 4.39 Å². The second kappa shape index (κ2) is 6.04. The third-order valence-corrected chi connectivity index (χ3v) is 3.12. The molecule has 0 aliphatic carbocycles. The molecule has 1 rings (SSSR count). The summed E-state index contributed by atoms with van der Waals surface area (Å²) in [6, 6.07) is 5.23. The first-order valence-electron chi connectivity index (χ1n) is 4.89. The smallest absolute Gasteiger partial charge is 0.137 e. The number of rotatable bonds is 5. The minimum atomic E-state index is -0.144. The van der Waals surface area contributed by atoms with E-state index in [1.807, 2.05) is 12.1 Å². The molecule has 1 aromatic carbocycles. The minimum Gasteiger partial charge on any atom is -0.326 e. The number of nitrogens with two attached hydrogens (primary N) is 1. The number of hydrogen-bond acceptors (Lipinski definition) is 2. The molecule has 0 aliphatic rings. The summed E-state index contributed by atoms with van der Waals surface area (Å²) in [5.74, 6) is 0.837. The summed E-state index contributed by atoms with van der Waals surface area (Å²) in [5, 5.41) is 0. The normalized spacial score (nSPS) is 10.5. The van der Waals surface area contributed by atoms with Crippen LogP contribution in [0, 0.1) is 5.82 Å². The third-order valence-electron chi connectivity index (χ3n) is 1.99. The van der Waals surface area contributed by atoms with Crippen molar-refractivity contribution in [3.63, 3.8) is 0 Å². The van der Waals surface area contributed by atoms with Gasteiger partial charge in [-0.05, 0) is 29.9 Å². The zero-order valence-electron chi connectivity index (χ0n) is 8.42. The van der Waals surface area contributed by atoms with E-state index in [4.69, 9.17) is 5.73 Å². The summed E-state index contributed by atoms with van der Waals surface area (Å²) < 4.78 is 13.4. The lowest BCUT2D eigenvalue weighted by atomic mass is 10.2. The molecule has 0 amide bonds. The van der Waals surface area contributed by atoms with Gasteiger partial charge in [0.2, 0.25) is 0 Å². The van der Waals surface area contributed by atoms with Crippen molar-refractivity contribution in [2.24, 2.45) is 5.73 Å². The molecule has 0 bridgehead atoms. The van der Waals surface area contributed by atoms with Gasteiger partial charge >= 0.3 is 0 Å². The van der Waals surface area contributed by atoms with Gasteiger partial charge in [-0.1, -0.05) is 19.4 Å². The molecule has 0 spiro atoms. The van der Waals surface area contributed by atoms with E-state index in [2.05, 4.69) is 6.92 Å². The molecule has 14 heavy (non-hydrogen) atoms. The quantitative estimate of drug-likeness (QED) is 0.600. The second-order valence-electron chi connectivity index (χ2n) is 3.17.